The molecule has 0 saturated carbocycles. The number of hydrogen-bond acceptors (Lipinski definition) is 1. The van der Waals surface area contributed by atoms with Gasteiger partial charge in [0, 0.05) is 0 Å². The van der Waals surface area contributed by atoms with Crippen LogP contribution in [0.15, 0.2) is 40.9 Å². The Labute approximate surface area is 110 Å². The van der Waals surface area contributed by atoms with Gasteiger partial charge in [-0.05, 0) is 0 Å². The first-order valence-electron chi connectivity index (χ1n) is 6.24. The van der Waals surface area contributed by atoms with Crippen LogP contribution in [0.3, 0.4) is 0 Å². The second kappa shape index (κ2) is 9.21. The van der Waals surface area contributed by atoms with Crippen LogP contribution in [-0.4, -0.2) is 21.2 Å². The van der Waals surface area contributed by atoms with Gasteiger partial charge in [-0.2, -0.15) is 0 Å². The topological polar surface area (TPSA) is 17.1 Å². The molecule has 0 amide bonds. The third-order valence-electron chi connectivity index (χ3n) is 2.52. The van der Waals surface area contributed by atoms with Crippen molar-refractivity contribution in [1.82, 2.24) is 0 Å². The van der Waals surface area contributed by atoms with Crippen LogP contribution in [0.1, 0.15) is 39.0 Å². The Morgan fingerprint density at radius 1 is 1.18 bits per heavy atom. The fourth-order valence-corrected chi connectivity index (χ4v) is 3.64. The van der Waals surface area contributed by atoms with Gasteiger partial charge in [0.1, 0.15) is 0 Å². The summed E-state index contributed by atoms with van der Waals surface area (Å²) in [5.74, 6) is 0. The Balaban J connectivity index is 2.44. The summed E-state index contributed by atoms with van der Waals surface area (Å²) in [6.45, 7) is 2.22. The average Bonchev–Trinajstić information content (AvgIpc) is 2.36. The zero-order valence-electron chi connectivity index (χ0n) is 10.4. The molecule has 0 aliphatic heterocycles. The van der Waals surface area contributed by atoms with E-state index >= 15 is 0 Å². The average molecular weight is 295 g/mol. The molecule has 0 unspecified atom stereocenters. The number of carbonyl (C=O) groups excluding carboxylic acids is 1. The predicted molar refractivity (Wildman–Crippen MR) is 74.7 cm³/mol. The van der Waals surface area contributed by atoms with Crippen molar-refractivity contribution in [2.45, 2.75) is 39.0 Å². The summed E-state index contributed by atoms with van der Waals surface area (Å²) < 4.78 is 2.67. The van der Waals surface area contributed by atoms with Gasteiger partial charge in [-0.25, -0.2) is 0 Å². The van der Waals surface area contributed by atoms with E-state index in [2.05, 4.69) is 31.2 Å². The second-order valence-corrected chi connectivity index (χ2v) is 6.51. The fraction of sp³-hybridized carbons (Fsp3) is 0.400. The number of benzene rings is 1. The SMILES string of the molecule is CCCCCC/C(=C\C=O)[Se]c1ccccc1. The molecule has 0 radical (unpaired) electrons. The molecule has 0 spiro atoms. The third-order valence-corrected chi connectivity index (χ3v) is 4.85. The molecule has 0 atom stereocenters. The molecule has 2 heteroatoms. The van der Waals surface area contributed by atoms with Crippen molar-refractivity contribution >= 4 is 25.7 Å². The van der Waals surface area contributed by atoms with Gasteiger partial charge in [-0.3, -0.25) is 0 Å². The Hall–Kier alpha value is -0.851. The predicted octanol–water partition coefficient (Wildman–Crippen LogP) is 3.07. The van der Waals surface area contributed by atoms with Gasteiger partial charge in [-0.15, -0.1) is 0 Å². The fourth-order valence-electron chi connectivity index (χ4n) is 1.61. The summed E-state index contributed by atoms with van der Waals surface area (Å²) in [7, 11) is 0. The first kappa shape index (κ1) is 14.2. The number of unbranched alkanes of at least 4 members (excludes halogenated alkanes) is 3. The summed E-state index contributed by atoms with van der Waals surface area (Å²) in [4.78, 5) is 10.6. The van der Waals surface area contributed by atoms with Crippen LogP contribution in [0, 0.1) is 0 Å². The number of aldehydes is 1. The second-order valence-electron chi connectivity index (χ2n) is 3.99. The number of hydrogen-bond donors (Lipinski definition) is 0. The van der Waals surface area contributed by atoms with E-state index in [0.717, 1.165) is 12.7 Å². The first-order chi connectivity index (χ1) is 8.36. The van der Waals surface area contributed by atoms with E-state index in [1.54, 1.807) is 6.08 Å². The van der Waals surface area contributed by atoms with Gasteiger partial charge in [-0.1, -0.05) is 0 Å². The molecule has 92 valence electrons. The minimum atomic E-state index is 0.314. The van der Waals surface area contributed by atoms with Crippen LogP contribution in [-0.2, 0) is 4.79 Å². The summed E-state index contributed by atoms with van der Waals surface area (Å²) in [5.41, 5.74) is 0. The van der Waals surface area contributed by atoms with E-state index < -0.39 is 0 Å². The van der Waals surface area contributed by atoms with Gasteiger partial charge in [0.05, 0.1) is 0 Å². The summed E-state index contributed by atoms with van der Waals surface area (Å²) in [5, 5.41) is 0. The van der Waals surface area contributed by atoms with Crippen molar-refractivity contribution in [3.63, 3.8) is 0 Å². The van der Waals surface area contributed by atoms with Crippen molar-refractivity contribution in [2.75, 3.05) is 0 Å². The molecule has 0 heterocycles. The van der Waals surface area contributed by atoms with E-state index in [4.69, 9.17) is 0 Å². The molecule has 17 heavy (non-hydrogen) atoms. The summed E-state index contributed by atoms with van der Waals surface area (Å²) in [6.07, 6.45) is 8.81. The van der Waals surface area contributed by atoms with Crippen molar-refractivity contribution < 1.29 is 4.79 Å². The molecule has 0 aromatic heterocycles. The first-order valence-corrected chi connectivity index (χ1v) is 7.95. The van der Waals surface area contributed by atoms with Crippen LogP contribution in [0.2, 0.25) is 0 Å². The molecule has 0 saturated heterocycles. The van der Waals surface area contributed by atoms with E-state index in [1.165, 1.54) is 34.6 Å². The molecule has 0 fully saturated rings. The van der Waals surface area contributed by atoms with E-state index in [9.17, 15) is 4.79 Å². The Kier molecular flexibility index (Phi) is 7.70. The van der Waals surface area contributed by atoms with E-state index in [0.29, 0.717) is 15.0 Å². The van der Waals surface area contributed by atoms with Crippen molar-refractivity contribution in [3.05, 3.63) is 40.9 Å². The van der Waals surface area contributed by atoms with Crippen LogP contribution < -0.4 is 4.46 Å². The number of rotatable bonds is 8. The zero-order valence-corrected chi connectivity index (χ0v) is 12.1. The quantitative estimate of drug-likeness (QED) is 0.312. The molecule has 0 bridgehead atoms. The molecule has 1 aromatic carbocycles. The van der Waals surface area contributed by atoms with E-state index in [1.807, 2.05) is 6.07 Å². The van der Waals surface area contributed by atoms with Crippen molar-refractivity contribution in [3.8, 4) is 0 Å². The maximum atomic E-state index is 10.6. The van der Waals surface area contributed by atoms with Crippen molar-refractivity contribution in [1.29, 1.82) is 0 Å². The zero-order chi connectivity index (χ0) is 12.3. The molecule has 1 rings (SSSR count). The molecular weight excluding hydrogens is 275 g/mol. The normalized spacial score (nSPS) is 11.5. The van der Waals surface area contributed by atoms with E-state index in [-0.39, 0.29) is 0 Å². The molecule has 1 nitrogen and oxygen atoms in total. The molecule has 1 aromatic rings. The van der Waals surface area contributed by atoms with Gasteiger partial charge in [0.2, 0.25) is 0 Å². The third kappa shape index (κ3) is 6.45. The van der Waals surface area contributed by atoms with Gasteiger partial charge >= 0.3 is 110 Å². The maximum absolute atomic E-state index is 10.6. The number of carbonyl (C=O) groups is 1. The van der Waals surface area contributed by atoms with Crippen LogP contribution in [0.5, 0.6) is 0 Å². The molecule has 0 aliphatic carbocycles. The van der Waals surface area contributed by atoms with Gasteiger partial charge in [0.25, 0.3) is 0 Å². The van der Waals surface area contributed by atoms with Gasteiger partial charge < -0.3 is 0 Å². The monoisotopic (exact) mass is 296 g/mol. The van der Waals surface area contributed by atoms with Crippen molar-refractivity contribution in [2.24, 2.45) is 0 Å². The molecule has 0 N–H and O–H groups in total. The minimum absolute atomic E-state index is 0.314. The van der Waals surface area contributed by atoms with Crippen LogP contribution in [0.25, 0.3) is 0 Å². The summed E-state index contributed by atoms with van der Waals surface area (Å²) >= 11 is 0.314. The van der Waals surface area contributed by atoms with Crippen LogP contribution in [0.4, 0.5) is 0 Å². The number of allylic oxidation sites excluding steroid dienone is 2. The standard InChI is InChI=1S/C15H20OSe/c1-2-3-4-6-11-15(12-13-16)17-14-9-7-5-8-10-14/h5,7-10,12-13H,2-4,6,11H2,1H3/b15-12+. The summed E-state index contributed by atoms with van der Waals surface area (Å²) in [6, 6.07) is 10.4. The Morgan fingerprint density at radius 2 is 1.94 bits per heavy atom. The molecular formula is C15H20OSe. The Morgan fingerprint density at radius 3 is 2.59 bits per heavy atom. The van der Waals surface area contributed by atoms with Gasteiger partial charge in [0.15, 0.2) is 0 Å². The Bertz CT molecular complexity index is 343. The molecule has 0 aliphatic rings. The van der Waals surface area contributed by atoms with Crippen LogP contribution >= 0.6 is 0 Å².